The third kappa shape index (κ3) is 3.46. The highest BCUT2D eigenvalue weighted by atomic mass is 32.1. The summed E-state index contributed by atoms with van der Waals surface area (Å²) in [6.07, 6.45) is 2.98. The maximum absolute atomic E-state index is 12.3. The molecule has 1 aliphatic carbocycles. The maximum Gasteiger partial charge on any atom is 0.233 e. The third-order valence-corrected chi connectivity index (χ3v) is 4.30. The van der Waals surface area contributed by atoms with Crippen LogP contribution in [0.2, 0.25) is 0 Å². The van der Waals surface area contributed by atoms with E-state index in [-0.39, 0.29) is 22.7 Å². The first-order valence-corrected chi connectivity index (χ1v) is 7.41. The van der Waals surface area contributed by atoms with Gasteiger partial charge in [-0.05, 0) is 25.7 Å². The van der Waals surface area contributed by atoms with E-state index in [4.69, 9.17) is 22.7 Å². The van der Waals surface area contributed by atoms with Crippen LogP contribution in [0.15, 0.2) is 0 Å². The van der Waals surface area contributed by atoms with Crippen LogP contribution in [0.4, 0.5) is 0 Å². The Balaban J connectivity index is 1.76. The SMILES string of the molecule is NC(=S)C1(C(=O)NCCNC(=O)C2CC2)CCOCC1. The summed E-state index contributed by atoms with van der Waals surface area (Å²) in [7, 11) is 0. The molecule has 0 unspecified atom stereocenters. The second-order valence-corrected chi connectivity index (χ2v) is 5.82. The molecular formula is C13H21N3O3S. The summed E-state index contributed by atoms with van der Waals surface area (Å²) in [5, 5.41) is 5.61. The zero-order chi connectivity index (χ0) is 14.6. The number of hydrogen-bond donors (Lipinski definition) is 3. The van der Waals surface area contributed by atoms with Crippen molar-refractivity contribution in [3.63, 3.8) is 0 Å². The van der Waals surface area contributed by atoms with Crippen LogP contribution < -0.4 is 16.4 Å². The average Bonchev–Trinajstić information content (AvgIpc) is 3.28. The molecule has 0 aromatic rings. The molecule has 0 aromatic heterocycles. The molecule has 2 fully saturated rings. The van der Waals surface area contributed by atoms with Crippen LogP contribution in [0.25, 0.3) is 0 Å². The Morgan fingerprint density at radius 1 is 1.20 bits per heavy atom. The van der Waals surface area contributed by atoms with Gasteiger partial charge >= 0.3 is 0 Å². The molecule has 0 bridgehead atoms. The number of rotatable bonds is 6. The number of hydrogen-bond acceptors (Lipinski definition) is 4. The van der Waals surface area contributed by atoms with E-state index in [1.54, 1.807) is 0 Å². The lowest BCUT2D eigenvalue weighted by Crippen LogP contribution is -2.52. The molecule has 1 aliphatic heterocycles. The number of amides is 2. The van der Waals surface area contributed by atoms with E-state index >= 15 is 0 Å². The van der Waals surface area contributed by atoms with Gasteiger partial charge in [0.15, 0.2) is 0 Å². The highest BCUT2D eigenvalue weighted by molar-refractivity contribution is 7.80. The zero-order valence-corrected chi connectivity index (χ0v) is 12.3. The minimum Gasteiger partial charge on any atom is -0.392 e. The third-order valence-electron chi connectivity index (χ3n) is 3.91. The van der Waals surface area contributed by atoms with E-state index in [2.05, 4.69) is 10.6 Å². The zero-order valence-electron chi connectivity index (χ0n) is 11.4. The van der Waals surface area contributed by atoms with Crippen molar-refractivity contribution in [3.8, 4) is 0 Å². The highest BCUT2D eigenvalue weighted by Crippen LogP contribution is 2.31. The molecule has 0 aromatic carbocycles. The number of carbonyl (C=O) groups is 2. The summed E-state index contributed by atoms with van der Waals surface area (Å²) in [6.45, 7) is 1.81. The largest absolute Gasteiger partial charge is 0.392 e. The quantitative estimate of drug-likeness (QED) is 0.463. The topological polar surface area (TPSA) is 93.5 Å². The van der Waals surface area contributed by atoms with Gasteiger partial charge in [0, 0.05) is 32.2 Å². The molecule has 4 N–H and O–H groups in total. The minimum atomic E-state index is -0.798. The van der Waals surface area contributed by atoms with E-state index in [1.807, 2.05) is 0 Å². The first-order valence-electron chi connectivity index (χ1n) is 7.00. The van der Waals surface area contributed by atoms with Crippen molar-refractivity contribution in [1.82, 2.24) is 10.6 Å². The normalized spacial score (nSPS) is 21.0. The van der Waals surface area contributed by atoms with Gasteiger partial charge in [0.05, 0.1) is 4.99 Å². The monoisotopic (exact) mass is 299 g/mol. The van der Waals surface area contributed by atoms with Gasteiger partial charge in [0.2, 0.25) is 11.8 Å². The van der Waals surface area contributed by atoms with Crippen molar-refractivity contribution in [2.45, 2.75) is 25.7 Å². The van der Waals surface area contributed by atoms with Gasteiger partial charge in [-0.15, -0.1) is 0 Å². The van der Waals surface area contributed by atoms with Crippen molar-refractivity contribution >= 4 is 29.0 Å². The lowest BCUT2D eigenvalue weighted by Gasteiger charge is -2.34. The molecule has 112 valence electrons. The molecule has 7 heteroatoms. The van der Waals surface area contributed by atoms with Crippen molar-refractivity contribution in [2.24, 2.45) is 17.1 Å². The molecule has 1 saturated heterocycles. The van der Waals surface area contributed by atoms with Crippen LogP contribution >= 0.6 is 12.2 Å². The predicted octanol–water partition coefficient (Wildman–Crippen LogP) is -0.288. The van der Waals surface area contributed by atoms with E-state index in [9.17, 15) is 9.59 Å². The van der Waals surface area contributed by atoms with Gasteiger partial charge < -0.3 is 21.1 Å². The Labute approximate surface area is 123 Å². The summed E-state index contributed by atoms with van der Waals surface area (Å²) in [6, 6.07) is 0. The van der Waals surface area contributed by atoms with Crippen molar-refractivity contribution < 1.29 is 14.3 Å². The van der Waals surface area contributed by atoms with Gasteiger partial charge in [-0.3, -0.25) is 9.59 Å². The van der Waals surface area contributed by atoms with Crippen molar-refractivity contribution in [3.05, 3.63) is 0 Å². The van der Waals surface area contributed by atoms with E-state index in [0.717, 1.165) is 12.8 Å². The molecule has 1 saturated carbocycles. The Bertz CT molecular complexity index is 404. The van der Waals surface area contributed by atoms with Crippen molar-refractivity contribution in [1.29, 1.82) is 0 Å². The van der Waals surface area contributed by atoms with Crippen LogP contribution in [0.5, 0.6) is 0 Å². The second kappa shape index (κ2) is 6.49. The Hall–Kier alpha value is -1.21. The van der Waals surface area contributed by atoms with Crippen LogP contribution in [0, 0.1) is 11.3 Å². The standard InChI is InChI=1S/C13H21N3O3S/c14-11(20)13(3-7-19-8-4-13)12(18)16-6-5-15-10(17)9-1-2-9/h9H,1-8H2,(H2,14,20)(H,15,17)(H,16,18). The minimum absolute atomic E-state index is 0.0781. The first-order chi connectivity index (χ1) is 9.56. The number of carbonyl (C=O) groups excluding carboxylic acids is 2. The van der Waals surface area contributed by atoms with Crippen LogP contribution in [0.3, 0.4) is 0 Å². The molecule has 0 atom stereocenters. The fraction of sp³-hybridized carbons (Fsp3) is 0.769. The van der Waals surface area contributed by atoms with Gasteiger partial charge in [-0.2, -0.15) is 0 Å². The number of ether oxygens (including phenoxy) is 1. The van der Waals surface area contributed by atoms with Gasteiger partial charge in [-0.1, -0.05) is 12.2 Å². The molecule has 2 aliphatic rings. The molecular weight excluding hydrogens is 278 g/mol. The Kier molecular flexibility index (Phi) is 4.93. The highest BCUT2D eigenvalue weighted by Gasteiger charge is 2.42. The fourth-order valence-corrected chi connectivity index (χ4v) is 2.62. The predicted molar refractivity (Wildman–Crippen MR) is 78.0 cm³/mol. The maximum atomic E-state index is 12.3. The van der Waals surface area contributed by atoms with E-state index in [1.165, 1.54) is 0 Å². The van der Waals surface area contributed by atoms with Crippen LogP contribution in [-0.4, -0.2) is 43.1 Å². The van der Waals surface area contributed by atoms with Gasteiger partial charge in [0.25, 0.3) is 0 Å². The fourth-order valence-electron chi connectivity index (χ4n) is 2.33. The molecule has 1 heterocycles. The van der Waals surface area contributed by atoms with Gasteiger partial charge in [-0.25, -0.2) is 0 Å². The molecule has 0 spiro atoms. The Morgan fingerprint density at radius 2 is 1.80 bits per heavy atom. The lowest BCUT2D eigenvalue weighted by atomic mass is 9.79. The van der Waals surface area contributed by atoms with Crippen molar-refractivity contribution in [2.75, 3.05) is 26.3 Å². The summed E-state index contributed by atoms with van der Waals surface area (Å²) in [4.78, 5) is 24.0. The Morgan fingerprint density at radius 3 is 2.35 bits per heavy atom. The summed E-state index contributed by atoms with van der Waals surface area (Å²) in [5.74, 6) is 0.104. The molecule has 2 rings (SSSR count). The second-order valence-electron chi connectivity index (χ2n) is 5.38. The van der Waals surface area contributed by atoms with E-state index < -0.39 is 5.41 Å². The molecule has 6 nitrogen and oxygen atoms in total. The number of nitrogens with one attached hydrogen (secondary N) is 2. The molecule has 20 heavy (non-hydrogen) atoms. The molecule has 0 radical (unpaired) electrons. The number of nitrogens with two attached hydrogens (primary N) is 1. The van der Waals surface area contributed by atoms with E-state index in [0.29, 0.717) is 39.1 Å². The first kappa shape index (κ1) is 15.2. The van der Waals surface area contributed by atoms with Gasteiger partial charge in [0.1, 0.15) is 5.41 Å². The number of thiocarbonyl (C=S) groups is 1. The lowest BCUT2D eigenvalue weighted by molar-refractivity contribution is -0.131. The summed E-state index contributed by atoms with van der Waals surface area (Å²) in [5.41, 5.74) is 4.95. The summed E-state index contributed by atoms with van der Waals surface area (Å²) >= 11 is 5.06. The summed E-state index contributed by atoms with van der Waals surface area (Å²) < 4.78 is 5.26. The van der Waals surface area contributed by atoms with Crippen LogP contribution in [0.1, 0.15) is 25.7 Å². The molecule has 2 amide bonds. The average molecular weight is 299 g/mol. The van der Waals surface area contributed by atoms with Crippen LogP contribution in [-0.2, 0) is 14.3 Å². The smallest absolute Gasteiger partial charge is 0.233 e.